The maximum absolute atomic E-state index is 12.8. The van der Waals surface area contributed by atoms with Crippen molar-refractivity contribution in [3.8, 4) is 0 Å². The second kappa shape index (κ2) is 4.06. The van der Waals surface area contributed by atoms with Crippen LogP contribution >= 0.6 is 0 Å². The Bertz CT molecular complexity index is 629. The monoisotopic (exact) mass is 299 g/mol. The number of halogens is 3. The van der Waals surface area contributed by atoms with Crippen molar-refractivity contribution in [2.75, 3.05) is 0 Å². The average Bonchev–Trinajstić information content (AvgIpc) is 3.20. The Morgan fingerprint density at radius 2 is 1.57 bits per heavy atom. The molecule has 0 aromatic heterocycles. The van der Waals surface area contributed by atoms with Crippen molar-refractivity contribution < 1.29 is 32.4 Å². The summed E-state index contributed by atoms with van der Waals surface area (Å²) in [6.07, 6.45) is -5.57. The highest BCUT2D eigenvalue weighted by atomic mass is 19.4. The minimum atomic E-state index is -4.76. The van der Waals surface area contributed by atoms with E-state index in [0.29, 0.717) is 0 Å². The second-order valence-corrected chi connectivity index (χ2v) is 4.91. The fourth-order valence-corrected chi connectivity index (χ4v) is 2.15. The first kappa shape index (κ1) is 13.6. The predicted octanol–water partition coefficient (Wildman–Crippen LogP) is 2.08. The first-order valence-electron chi connectivity index (χ1n) is 6.05. The molecule has 0 spiro atoms. The van der Waals surface area contributed by atoms with E-state index in [1.165, 1.54) is 24.3 Å². The molecule has 1 aromatic carbocycles. The van der Waals surface area contributed by atoms with Gasteiger partial charge in [-0.2, -0.15) is 13.2 Å². The number of nitrogens with zero attached hydrogens (tertiary/aromatic N) is 1. The van der Waals surface area contributed by atoms with Crippen molar-refractivity contribution in [1.82, 2.24) is 5.06 Å². The fourth-order valence-electron chi connectivity index (χ4n) is 2.15. The van der Waals surface area contributed by atoms with Crippen molar-refractivity contribution in [2.24, 2.45) is 5.41 Å². The smallest absolute Gasteiger partial charge is 0.329 e. The van der Waals surface area contributed by atoms with Gasteiger partial charge in [0.15, 0.2) is 5.41 Å². The van der Waals surface area contributed by atoms with Gasteiger partial charge in [-0.05, 0) is 25.0 Å². The summed E-state index contributed by atoms with van der Waals surface area (Å²) < 4.78 is 38.4. The number of alkyl halides is 3. The van der Waals surface area contributed by atoms with E-state index in [2.05, 4.69) is 4.84 Å². The number of hydrogen-bond donors (Lipinski definition) is 0. The van der Waals surface area contributed by atoms with Gasteiger partial charge in [0, 0.05) is 0 Å². The lowest BCUT2D eigenvalue weighted by Gasteiger charge is -2.20. The molecule has 21 heavy (non-hydrogen) atoms. The molecule has 1 saturated carbocycles. The predicted molar refractivity (Wildman–Crippen MR) is 60.8 cm³/mol. The first-order valence-corrected chi connectivity index (χ1v) is 6.05. The zero-order valence-corrected chi connectivity index (χ0v) is 10.4. The molecule has 2 aliphatic rings. The van der Waals surface area contributed by atoms with Crippen molar-refractivity contribution in [2.45, 2.75) is 19.0 Å². The summed E-state index contributed by atoms with van der Waals surface area (Å²) in [6.45, 7) is 0. The Kier molecular flexibility index (Phi) is 2.63. The Balaban J connectivity index is 1.84. The number of hydroxylamine groups is 2. The molecule has 1 aliphatic carbocycles. The number of carbonyl (C=O) groups is 3. The first-order chi connectivity index (χ1) is 9.78. The van der Waals surface area contributed by atoms with Crippen LogP contribution in [0.1, 0.15) is 33.6 Å². The van der Waals surface area contributed by atoms with Crippen LogP contribution in [0.15, 0.2) is 24.3 Å². The Hall–Kier alpha value is -2.38. The van der Waals surface area contributed by atoms with Gasteiger partial charge in [0.1, 0.15) is 0 Å². The van der Waals surface area contributed by atoms with Crippen LogP contribution in [-0.4, -0.2) is 29.0 Å². The van der Waals surface area contributed by atoms with Crippen LogP contribution < -0.4 is 0 Å². The van der Waals surface area contributed by atoms with Crippen LogP contribution in [0.4, 0.5) is 13.2 Å². The number of imide groups is 1. The number of hydrogen-bond acceptors (Lipinski definition) is 4. The minimum absolute atomic E-state index is 0.00726. The van der Waals surface area contributed by atoms with E-state index in [1.807, 2.05) is 0 Å². The molecule has 2 amide bonds. The normalized spacial score (nSPS) is 19.5. The van der Waals surface area contributed by atoms with E-state index in [-0.39, 0.29) is 16.2 Å². The quantitative estimate of drug-likeness (QED) is 0.784. The van der Waals surface area contributed by atoms with Gasteiger partial charge in [0.2, 0.25) is 0 Å². The van der Waals surface area contributed by atoms with Crippen molar-refractivity contribution in [3.63, 3.8) is 0 Å². The van der Waals surface area contributed by atoms with Gasteiger partial charge in [-0.3, -0.25) is 9.59 Å². The van der Waals surface area contributed by atoms with Gasteiger partial charge in [0.25, 0.3) is 11.8 Å². The standard InChI is InChI=1S/C13H8F3NO4/c14-13(15,16)12(5-6-12)11(20)21-17-9(18)7-3-1-2-4-8(7)10(17)19/h1-4H,5-6H2. The van der Waals surface area contributed by atoms with E-state index < -0.39 is 42.2 Å². The van der Waals surface area contributed by atoms with Crippen LogP contribution in [0.25, 0.3) is 0 Å². The minimum Gasteiger partial charge on any atom is -0.329 e. The van der Waals surface area contributed by atoms with Gasteiger partial charge in [0.05, 0.1) is 11.1 Å². The molecule has 1 aliphatic heterocycles. The molecule has 5 nitrogen and oxygen atoms in total. The molecule has 110 valence electrons. The summed E-state index contributed by atoms with van der Waals surface area (Å²) in [5.41, 5.74) is -2.61. The van der Waals surface area contributed by atoms with Gasteiger partial charge in [-0.25, -0.2) is 4.79 Å². The van der Waals surface area contributed by atoms with E-state index in [9.17, 15) is 27.6 Å². The van der Waals surface area contributed by atoms with Crippen LogP contribution in [0.3, 0.4) is 0 Å². The summed E-state index contributed by atoms with van der Waals surface area (Å²) in [5, 5.41) is 0.0960. The molecule has 0 N–H and O–H groups in total. The van der Waals surface area contributed by atoms with Gasteiger partial charge < -0.3 is 4.84 Å². The number of amides is 2. The molecule has 1 heterocycles. The molecule has 0 saturated heterocycles. The van der Waals surface area contributed by atoms with Crippen LogP contribution in [0.2, 0.25) is 0 Å². The second-order valence-electron chi connectivity index (χ2n) is 4.91. The molecule has 3 rings (SSSR count). The number of fused-ring (bicyclic) bond motifs is 1. The summed E-state index contributed by atoms with van der Waals surface area (Å²) in [6, 6.07) is 5.65. The van der Waals surface area contributed by atoms with Gasteiger partial charge in [-0.15, -0.1) is 0 Å². The number of benzene rings is 1. The summed E-state index contributed by atoms with van der Waals surface area (Å²) in [5.74, 6) is -3.51. The lowest BCUT2D eigenvalue weighted by molar-refractivity contribution is -0.220. The molecule has 0 radical (unpaired) electrons. The molecular formula is C13H8F3NO4. The van der Waals surface area contributed by atoms with E-state index in [4.69, 9.17) is 0 Å². The molecule has 1 aromatic rings. The van der Waals surface area contributed by atoms with Gasteiger partial charge >= 0.3 is 12.1 Å². The Morgan fingerprint density at radius 3 is 1.95 bits per heavy atom. The van der Waals surface area contributed by atoms with Crippen molar-refractivity contribution in [1.29, 1.82) is 0 Å². The summed E-state index contributed by atoms with van der Waals surface area (Å²) in [4.78, 5) is 39.9. The van der Waals surface area contributed by atoms with E-state index in [1.54, 1.807) is 0 Å². The highest BCUT2D eigenvalue weighted by Gasteiger charge is 2.70. The number of rotatable bonds is 2. The molecule has 0 bridgehead atoms. The van der Waals surface area contributed by atoms with E-state index in [0.717, 1.165) is 0 Å². The molecular weight excluding hydrogens is 291 g/mol. The van der Waals surface area contributed by atoms with E-state index >= 15 is 0 Å². The van der Waals surface area contributed by atoms with Crippen molar-refractivity contribution in [3.05, 3.63) is 35.4 Å². The summed E-state index contributed by atoms with van der Waals surface area (Å²) >= 11 is 0. The highest BCUT2D eigenvalue weighted by molar-refractivity contribution is 6.20. The lowest BCUT2D eigenvalue weighted by Crippen LogP contribution is -2.40. The van der Waals surface area contributed by atoms with Crippen LogP contribution in [-0.2, 0) is 9.63 Å². The average molecular weight is 299 g/mol. The topological polar surface area (TPSA) is 63.7 Å². The SMILES string of the molecule is O=C1c2ccccc2C(=O)N1OC(=O)C1(C(F)(F)F)CC1. The highest BCUT2D eigenvalue weighted by Crippen LogP contribution is 2.58. The number of carbonyl (C=O) groups excluding carboxylic acids is 3. The van der Waals surface area contributed by atoms with Crippen molar-refractivity contribution >= 4 is 17.8 Å². The maximum Gasteiger partial charge on any atom is 0.405 e. The third-order valence-corrected chi connectivity index (χ3v) is 3.61. The zero-order valence-electron chi connectivity index (χ0n) is 10.4. The Labute approximate surface area is 116 Å². The molecule has 8 heteroatoms. The Morgan fingerprint density at radius 1 is 1.10 bits per heavy atom. The maximum atomic E-state index is 12.8. The molecule has 1 fully saturated rings. The fraction of sp³-hybridized carbons (Fsp3) is 0.308. The lowest BCUT2D eigenvalue weighted by atomic mass is 10.1. The largest absolute Gasteiger partial charge is 0.405 e. The van der Waals surface area contributed by atoms with Crippen LogP contribution in [0.5, 0.6) is 0 Å². The molecule has 0 unspecified atom stereocenters. The summed E-state index contributed by atoms with van der Waals surface area (Å²) in [7, 11) is 0. The third-order valence-electron chi connectivity index (χ3n) is 3.61. The van der Waals surface area contributed by atoms with Crippen LogP contribution in [0, 0.1) is 5.41 Å². The van der Waals surface area contributed by atoms with Gasteiger partial charge in [-0.1, -0.05) is 17.2 Å². The zero-order chi connectivity index (χ0) is 15.4. The molecule has 0 atom stereocenters. The third kappa shape index (κ3) is 1.82.